The third-order valence-electron chi connectivity index (χ3n) is 3.59. The molecule has 0 heterocycles. The lowest BCUT2D eigenvalue weighted by molar-refractivity contribution is -0.144. The summed E-state index contributed by atoms with van der Waals surface area (Å²) in [5.41, 5.74) is 6.33. The van der Waals surface area contributed by atoms with Gasteiger partial charge in [0.15, 0.2) is 0 Å². The molecule has 0 radical (unpaired) electrons. The Morgan fingerprint density at radius 1 is 1.05 bits per heavy atom. The number of nitrogens with two attached hydrogens (primary N) is 1. The molecule has 2 aromatic carbocycles. The fourth-order valence-electron chi connectivity index (χ4n) is 2.28. The van der Waals surface area contributed by atoms with Crippen molar-refractivity contribution in [3.05, 3.63) is 71.8 Å². The van der Waals surface area contributed by atoms with E-state index < -0.39 is 11.5 Å². The first-order chi connectivity index (χ1) is 9.06. The largest absolute Gasteiger partial charge is 0.480 e. The normalized spacial score (nSPS) is 15.5. The second-order valence-corrected chi connectivity index (χ2v) is 4.67. The molecule has 0 saturated carbocycles. The zero-order valence-corrected chi connectivity index (χ0v) is 10.8. The summed E-state index contributed by atoms with van der Waals surface area (Å²) in [6, 6.07) is 18.4. The van der Waals surface area contributed by atoms with Gasteiger partial charge in [0, 0.05) is 5.92 Å². The predicted molar refractivity (Wildman–Crippen MR) is 74.8 cm³/mol. The van der Waals surface area contributed by atoms with E-state index in [-0.39, 0.29) is 5.92 Å². The maximum atomic E-state index is 11.7. The molecule has 0 aliphatic rings. The van der Waals surface area contributed by atoms with Gasteiger partial charge in [0.1, 0.15) is 5.54 Å². The lowest BCUT2D eigenvalue weighted by Crippen LogP contribution is -2.49. The van der Waals surface area contributed by atoms with E-state index in [1.807, 2.05) is 43.3 Å². The van der Waals surface area contributed by atoms with Gasteiger partial charge in [-0.1, -0.05) is 67.6 Å². The van der Waals surface area contributed by atoms with E-state index in [4.69, 9.17) is 5.73 Å². The fraction of sp³-hybridized carbons (Fsp3) is 0.188. The molecule has 0 aromatic heterocycles. The highest BCUT2D eigenvalue weighted by Gasteiger charge is 2.42. The van der Waals surface area contributed by atoms with Gasteiger partial charge in [-0.15, -0.1) is 0 Å². The van der Waals surface area contributed by atoms with Crippen molar-refractivity contribution in [1.29, 1.82) is 0 Å². The van der Waals surface area contributed by atoms with E-state index >= 15 is 0 Å². The van der Waals surface area contributed by atoms with Crippen molar-refractivity contribution < 1.29 is 9.90 Å². The van der Waals surface area contributed by atoms with Gasteiger partial charge in [0.05, 0.1) is 0 Å². The number of benzene rings is 2. The van der Waals surface area contributed by atoms with Crippen LogP contribution in [0.5, 0.6) is 0 Å². The van der Waals surface area contributed by atoms with Crippen molar-refractivity contribution in [2.24, 2.45) is 5.73 Å². The molecule has 3 heteroatoms. The molecule has 0 aliphatic heterocycles. The van der Waals surface area contributed by atoms with Crippen LogP contribution in [0.1, 0.15) is 24.0 Å². The summed E-state index contributed by atoms with van der Waals surface area (Å²) >= 11 is 0. The van der Waals surface area contributed by atoms with Crippen molar-refractivity contribution in [1.82, 2.24) is 0 Å². The minimum Gasteiger partial charge on any atom is -0.480 e. The number of carboxylic acids is 1. The van der Waals surface area contributed by atoms with Crippen LogP contribution in [0.2, 0.25) is 0 Å². The van der Waals surface area contributed by atoms with E-state index in [1.165, 1.54) is 0 Å². The van der Waals surface area contributed by atoms with Gasteiger partial charge >= 0.3 is 5.97 Å². The SMILES string of the molecule is CC(c1ccccc1)C(N)(C(=O)O)c1ccccc1. The number of hydrogen-bond donors (Lipinski definition) is 2. The van der Waals surface area contributed by atoms with Crippen molar-refractivity contribution in [2.45, 2.75) is 18.4 Å². The molecule has 0 saturated heterocycles. The average Bonchev–Trinajstić information content (AvgIpc) is 2.47. The number of aliphatic carboxylic acids is 1. The minimum absolute atomic E-state index is 0.325. The maximum absolute atomic E-state index is 11.7. The Bertz CT molecular complexity index is 553. The van der Waals surface area contributed by atoms with Crippen LogP contribution in [0, 0.1) is 0 Å². The van der Waals surface area contributed by atoms with E-state index in [0.29, 0.717) is 5.56 Å². The quantitative estimate of drug-likeness (QED) is 0.883. The number of carbonyl (C=O) groups is 1. The van der Waals surface area contributed by atoms with Gasteiger partial charge in [-0.05, 0) is 11.1 Å². The second-order valence-electron chi connectivity index (χ2n) is 4.67. The highest BCUT2D eigenvalue weighted by atomic mass is 16.4. The third kappa shape index (κ3) is 2.37. The molecular weight excluding hydrogens is 238 g/mol. The molecule has 0 aliphatic carbocycles. The lowest BCUT2D eigenvalue weighted by Gasteiger charge is -2.32. The Morgan fingerprint density at radius 2 is 1.53 bits per heavy atom. The Morgan fingerprint density at radius 3 is 2.00 bits per heavy atom. The fourth-order valence-corrected chi connectivity index (χ4v) is 2.28. The Hall–Kier alpha value is -2.13. The van der Waals surface area contributed by atoms with E-state index in [0.717, 1.165) is 5.56 Å². The maximum Gasteiger partial charge on any atom is 0.328 e. The predicted octanol–water partition coefficient (Wildman–Crippen LogP) is 2.73. The minimum atomic E-state index is -1.43. The Kier molecular flexibility index (Phi) is 3.67. The molecule has 3 N–H and O–H groups in total. The Balaban J connectivity index is 2.49. The van der Waals surface area contributed by atoms with E-state index in [2.05, 4.69) is 0 Å². The second kappa shape index (κ2) is 5.24. The molecule has 0 bridgehead atoms. The van der Waals surface area contributed by atoms with E-state index in [1.54, 1.807) is 24.3 Å². The molecule has 0 fully saturated rings. The van der Waals surface area contributed by atoms with Gasteiger partial charge in [0.2, 0.25) is 0 Å². The smallest absolute Gasteiger partial charge is 0.328 e. The van der Waals surface area contributed by atoms with Crippen LogP contribution in [0.4, 0.5) is 0 Å². The summed E-state index contributed by atoms with van der Waals surface area (Å²) in [6.45, 7) is 1.84. The molecule has 19 heavy (non-hydrogen) atoms. The Labute approximate surface area is 112 Å². The van der Waals surface area contributed by atoms with Crippen LogP contribution in [-0.4, -0.2) is 11.1 Å². The third-order valence-corrected chi connectivity index (χ3v) is 3.59. The summed E-state index contributed by atoms with van der Waals surface area (Å²) in [5, 5.41) is 9.59. The van der Waals surface area contributed by atoms with Crippen LogP contribution < -0.4 is 5.73 Å². The highest BCUT2D eigenvalue weighted by Crippen LogP contribution is 2.34. The van der Waals surface area contributed by atoms with Crippen LogP contribution in [0.15, 0.2) is 60.7 Å². The summed E-state index contributed by atoms with van der Waals surface area (Å²) in [7, 11) is 0. The first-order valence-corrected chi connectivity index (χ1v) is 6.19. The molecule has 98 valence electrons. The molecule has 2 unspecified atom stereocenters. The lowest BCUT2D eigenvalue weighted by atomic mass is 9.76. The first kappa shape index (κ1) is 13.3. The van der Waals surface area contributed by atoms with Gasteiger partial charge in [-0.25, -0.2) is 4.79 Å². The summed E-state index contributed by atoms with van der Waals surface area (Å²) in [4.78, 5) is 11.7. The molecule has 0 spiro atoms. The van der Waals surface area contributed by atoms with Crippen LogP contribution in [0.3, 0.4) is 0 Å². The van der Waals surface area contributed by atoms with Crippen molar-refractivity contribution in [2.75, 3.05) is 0 Å². The van der Waals surface area contributed by atoms with Crippen LogP contribution in [-0.2, 0) is 10.3 Å². The molecule has 0 amide bonds. The van der Waals surface area contributed by atoms with Crippen LogP contribution in [0.25, 0.3) is 0 Å². The molecule has 3 nitrogen and oxygen atoms in total. The highest BCUT2D eigenvalue weighted by molar-refractivity contribution is 5.82. The number of carboxylic acid groups (broad SMARTS) is 1. The number of hydrogen-bond acceptors (Lipinski definition) is 2. The van der Waals surface area contributed by atoms with Gasteiger partial charge in [-0.3, -0.25) is 0 Å². The molecule has 2 rings (SSSR count). The zero-order valence-electron chi connectivity index (χ0n) is 10.8. The average molecular weight is 255 g/mol. The standard InChI is InChI=1S/C16H17NO2/c1-12(13-8-4-2-5-9-13)16(17,15(18)19)14-10-6-3-7-11-14/h2-12H,17H2,1H3,(H,18,19). The van der Waals surface area contributed by atoms with Crippen molar-refractivity contribution in [3.8, 4) is 0 Å². The van der Waals surface area contributed by atoms with Crippen molar-refractivity contribution >= 4 is 5.97 Å². The zero-order chi connectivity index (χ0) is 13.9. The van der Waals surface area contributed by atoms with Gasteiger partial charge in [-0.2, -0.15) is 0 Å². The first-order valence-electron chi connectivity index (χ1n) is 6.19. The molecule has 2 aromatic rings. The summed E-state index contributed by atoms with van der Waals surface area (Å²) < 4.78 is 0. The molecule has 2 atom stereocenters. The number of rotatable bonds is 4. The van der Waals surface area contributed by atoms with E-state index in [9.17, 15) is 9.90 Å². The van der Waals surface area contributed by atoms with Gasteiger partial charge in [0.25, 0.3) is 0 Å². The molecular formula is C16H17NO2. The van der Waals surface area contributed by atoms with Crippen molar-refractivity contribution in [3.63, 3.8) is 0 Å². The van der Waals surface area contributed by atoms with Crippen LogP contribution >= 0.6 is 0 Å². The summed E-state index contributed by atoms with van der Waals surface area (Å²) in [5.74, 6) is -1.34. The van der Waals surface area contributed by atoms with Gasteiger partial charge < -0.3 is 10.8 Å². The topological polar surface area (TPSA) is 63.3 Å². The summed E-state index contributed by atoms with van der Waals surface area (Å²) in [6.07, 6.45) is 0. The monoisotopic (exact) mass is 255 g/mol.